The molecule has 5 heteroatoms. The van der Waals surface area contributed by atoms with Gasteiger partial charge in [0.05, 0.1) is 12.2 Å². The summed E-state index contributed by atoms with van der Waals surface area (Å²) in [5, 5.41) is 9.96. The SMILES string of the molecule is Cc1nc(CNCc2ccn[nH]2)oc1C. The summed E-state index contributed by atoms with van der Waals surface area (Å²) < 4.78 is 5.43. The van der Waals surface area contributed by atoms with Gasteiger partial charge in [-0.25, -0.2) is 4.98 Å². The highest BCUT2D eigenvalue weighted by molar-refractivity contribution is 5.05. The monoisotopic (exact) mass is 206 g/mol. The quantitative estimate of drug-likeness (QED) is 0.791. The summed E-state index contributed by atoms with van der Waals surface area (Å²) in [6.07, 6.45) is 1.73. The minimum atomic E-state index is 0.633. The average molecular weight is 206 g/mol. The van der Waals surface area contributed by atoms with Crippen LogP contribution in [-0.4, -0.2) is 15.2 Å². The van der Waals surface area contributed by atoms with Crippen LogP contribution < -0.4 is 5.32 Å². The van der Waals surface area contributed by atoms with Gasteiger partial charge >= 0.3 is 0 Å². The van der Waals surface area contributed by atoms with Crippen LogP contribution in [-0.2, 0) is 13.1 Å². The van der Waals surface area contributed by atoms with Crippen LogP contribution in [0.1, 0.15) is 23.0 Å². The number of aromatic nitrogens is 3. The zero-order chi connectivity index (χ0) is 10.7. The molecule has 0 radical (unpaired) electrons. The molecular formula is C10H14N4O. The Morgan fingerprint density at radius 3 is 2.87 bits per heavy atom. The third-order valence-electron chi connectivity index (χ3n) is 2.22. The fourth-order valence-corrected chi connectivity index (χ4v) is 1.30. The van der Waals surface area contributed by atoms with Crippen molar-refractivity contribution in [1.82, 2.24) is 20.5 Å². The van der Waals surface area contributed by atoms with Crippen molar-refractivity contribution in [3.63, 3.8) is 0 Å². The van der Waals surface area contributed by atoms with Gasteiger partial charge in [0.15, 0.2) is 0 Å². The highest BCUT2D eigenvalue weighted by Crippen LogP contribution is 2.07. The van der Waals surface area contributed by atoms with Crippen LogP contribution >= 0.6 is 0 Å². The van der Waals surface area contributed by atoms with Crippen molar-refractivity contribution in [3.05, 3.63) is 35.3 Å². The van der Waals surface area contributed by atoms with E-state index in [1.54, 1.807) is 6.20 Å². The van der Waals surface area contributed by atoms with Gasteiger partial charge in [-0.3, -0.25) is 5.10 Å². The maximum atomic E-state index is 5.43. The molecule has 0 amide bonds. The van der Waals surface area contributed by atoms with E-state index >= 15 is 0 Å². The Balaban J connectivity index is 1.83. The second kappa shape index (κ2) is 4.27. The number of nitrogens with one attached hydrogen (secondary N) is 2. The Hall–Kier alpha value is -1.62. The van der Waals surface area contributed by atoms with Crippen molar-refractivity contribution < 1.29 is 4.42 Å². The van der Waals surface area contributed by atoms with Crippen LogP contribution in [0.4, 0.5) is 0 Å². The van der Waals surface area contributed by atoms with Crippen molar-refractivity contribution >= 4 is 0 Å². The summed E-state index contributed by atoms with van der Waals surface area (Å²) in [6, 6.07) is 1.93. The molecule has 2 N–H and O–H groups in total. The number of aromatic amines is 1. The molecule has 0 bridgehead atoms. The molecule has 0 aliphatic carbocycles. The van der Waals surface area contributed by atoms with Crippen LogP contribution in [0.2, 0.25) is 0 Å². The van der Waals surface area contributed by atoms with Crippen molar-refractivity contribution in [1.29, 1.82) is 0 Å². The van der Waals surface area contributed by atoms with Gasteiger partial charge in [-0.15, -0.1) is 0 Å². The Kier molecular flexibility index (Phi) is 2.82. The second-order valence-electron chi connectivity index (χ2n) is 3.43. The minimum Gasteiger partial charge on any atom is -0.444 e. The summed E-state index contributed by atoms with van der Waals surface area (Å²) in [5.41, 5.74) is 2.00. The van der Waals surface area contributed by atoms with E-state index in [1.165, 1.54) is 0 Å². The molecule has 0 spiro atoms. The number of rotatable bonds is 4. The lowest BCUT2D eigenvalue weighted by Gasteiger charge is -1.98. The highest BCUT2D eigenvalue weighted by Gasteiger charge is 2.04. The number of hydrogen-bond acceptors (Lipinski definition) is 4. The minimum absolute atomic E-state index is 0.633. The summed E-state index contributed by atoms with van der Waals surface area (Å²) in [4.78, 5) is 4.27. The van der Waals surface area contributed by atoms with Gasteiger partial charge in [-0.1, -0.05) is 0 Å². The van der Waals surface area contributed by atoms with Gasteiger partial charge in [0.25, 0.3) is 0 Å². The smallest absolute Gasteiger partial charge is 0.208 e. The molecule has 15 heavy (non-hydrogen) atoms. The number of H-pyrrole nitrogens is 1. The van der Waals surface area contributed by atoms with E-state index in [-0.39, 0.29) is 0 Å². The van der Waals surface area contributed by atoms with E-state index in [1.807, 2.05) is 19.9 Å². The Bertz CT molecular complexity index is 399. The van der Waals surface area contributed by atoms with E-state index in [2.05, 4.69) is 20.5 Å². The lowest BCUT2D eigenvalue weighted by atomic mass is 10.4. The van der Waals surface area contributed by atoms with E-state index in [0.717, 1.165) is 29.6 Å². The number of hydrogen-bond donors (Lipinski definition) is 2. The normalized spacial score (nSPS) is 10.8. The zero-order valence-corrected chi connectivity index (χ0v) is 8.87. The van der Waals surface area contributed by atoms with E-state index in [0.29, 0.717) is 6.54 Å². The van der Waals surface area contributed by atoms with Crippen molar-refractivity contribution in [2.45, 2.75) is 26.9 Å². The third kappa shape index (κ3) is 2.44. The number of oxazole rings is 1. The van der Waals surface area contributed by atoms with Crippen LogP contribution in [0.25, 0.3) is 0 Å². The molecular weight excluding hydrogens is 192 g/mol. The predicted octanol–water partition coefficient (Wildman–Crippen LogP) is 1.30. The first-order valence-corrected chi connectivity index (χ1v) is 4.87. The second-order valence-corrected chi connectivity index (χ2v) is 3.43. The predicted molar refractivity (Wildman–Crippen MR) is 55.1 cm³/mol. The molecule has 0 aliphatic heterocycles. The molecule has 0 unspecified atom stereocenters. The van der Waals surface area contributed by atoms with Crippen LogP contribution in [0.5, 0.6) is 0 Å². The molecule has 80 valence electrons. The average Bonchev–Trinajstić information content (AvgIpc) is 2.79. The van der Waals surface area contributed by atoms with Gasteiger partial charge in [0.1, 0.15) is 5.76 Å². The molecule has 0 saturated carbocycles. The van der Waals surface area contributed by atoms with Gasteiger partial charge in [-0.2, -0.15) is 5.10 Å². The largest absolute Gasteiger partial charge is 0.444 e. The first kappa shape index (κ1) is 9.92. The summed E-state index contributed by atoms with van der Waals surface area (Å²) in [7, 11) is 0. The van der Waals surface area contributed by atoms with Gasteiger partial charge in [0.2, 0.25) is 5.89 Å². The molecule has 2 aromatic rings. The van der Waals surface area contributed by atoms with E-state index in [4.69, 9.17) is 4.42 Å². The number of aryl methyl sites for hydroxylation is 2. The Morgan fingerprint density at radius 2 is 2.27 bits per heavy atom. The molecule has 2 heterocycles. The summed E-state index contributed by atoms with van der Waals surface area (Å²) in [6.45, 7) is 5.23. The van der Waals surface area contributed by atoms with Crippen molar-refractivity contribution in [2.24, 2.45) is 0 Å². The van der Waals surface area contributed by atoms with E-state index in [9.17, 15) is 0 Å². The molecule has 0 fully saturated rings. The fourth-order valence-electron chi connectivity index (χ4n) is 1.30. The zero-order valence-electron chi connectivity index (χ0n) is 8.87. The maximum Gasteiger partial charge on any atom is 0.208 e. The van der Waals surface area contributed by atoms with Gasteiger partial charge in [-0.05, 0) is 19.9 Å². The summed E-state index contributed by atoms with van der Waals surface area (Å²) in [5.74, 6) is 1.61. The van der Waals surface area contributed by atoms with Crippen LogP contribution in [0.3, 0.4) is 0 Å². The van der Waals surface area contributed by atoms with Gasteiger partial charge in [0, 0.05) is 18.4 Å². The fraction of sp³-hybridized carbons (Fsp3) is 0.400. The highest BCUT2D eigenvalue weighted by atomic mass is 16.4. The molecule has 2 rings (SSSR count). The molecule has 0 saturated heterocycles. The van der Waals surface area contributed by atoms with Crippen molar-refractivity contribution in [2.75, 3.05) is 0 Å². The molecule has 2 aromatic heterocycles. The van der Waals surface area contributed by atoms with Crippen LogP contribution in [0.15, 0.2) is 16.7 Å². The van der Waals surface area contributed by atoms with E-state index < -0.39 is 0 Å². The standard InChI is InChI=1S/C10H14N4O/c1-7-8(2)15-10(13-7)6-11-5-9-3-4-12-14-9/h3-4,11H,5-6H2,1-2H3,(H,12,14). The van der Waals surface area contributed by atoms with Gasteiger partial charge < -0.3 is 9.73 Å². The molecule has 0 aliphatic rings. The lowest BCUT2D eigenvalue weighted by molar-refractivity contribution is 0.448. The maximum absolute atomic E-state index is 5.43. The lowest BCUT2D eigenvalue weighted by Crippen LogP contribution is -2.13. The Labute approximate surface area is 87.9 Å². The Morgan fingerprint density at radius 1 is 1.40 bits per heavy atom. The number of nitrogens with zero attached hydrogens (tertiary/aromatic N) is 2. The molecule has 5 nitrogen and oxygen atoms in total. The van der Waals surface area contributed by atoms with Crippen molar-refractivity contribution in [3.8, 4) is 0 Å². The van der Waals surface area contributed by atoms with Crippen LogP contribution in [0, 0.1) is 13.8 Å². The molecule has 0 aromatic carbocycles. The third-order valence-corrected chi connectivity index (χ3v) is 2.22. The summed E-state index contributed by atoms with van der Waals surface area (Å²) >= 11 is 0. The topological polar surface area (TPSA) is 66.7 Å². The first-order chi connectivity index (χ1) is 7.25. The first-order valence-electron chi connectivity index (χ1n) is 4.87. The molecule has 0 atom stereocenters.